The first-order valence-electron chi connectivity index (χ1n) is 7.08. The minimum Gasteiger partial charge on any atom is -0.478 e. The Morgan fingerprint density at radius 2 is 1.67 bits per heavy atom. The lowest BCUT2D eigenvalue weighted by Crippen LogP contribution is -2.07. The standard InChI is InChI=1S/C17H17NO5S/c1-24(22,12-14-7-9-15(10-8-14)16(19)20)18-17(21)23-11-13-5-3-2-4-6-13/h2-10H,11-12H2,1H3,(H,19,20). The zero-order chi connectivity index (χ0) is 17.6. The van der Waals surface area contributed by atoms with Crippen LogP contribution in [0.2, 0.25) is 0 Å². The Hall–Kier alpha value is -2.67. The monoisotopic (exact) mass is 347 g/mol. The van der Waals surface area contributed by atoms with Crippen LogP contribution in [0.1, 0.15) is 21.5 Å². The fourth-order valence-electron chi connectivity index (χ4n) is 1.99. The van der Waals surface area contributed by atoms with E-state index >= 15 is 0 Å². The van der Waals surface area contributed by atoms with Crippen molar-refractivity contribution in [1.29, 1.82) is 0 Å². The largest absolute Gasteiger partial charge is 0.478 e. The number of benzene rings is 2. The predicted octanol–water partition coefficient (Wildman–Crippen LogP) is 3.32. The second-order valence-electron chi connectivity index (χ2n) is 5.24. The number of carboxylic acids is 1. The minimum atomic E-state index is -2.82. The number of amides is 1. The van der Waals surface area contributed by atoms with Crippen molar-refractivity contribution < 1.29 is 23.6 Å². The molecule has 126 valence electrons. The van der Waals surface area contributed by atoms with Crippen molar-refractivity contribution in [3.8, 4) is 0 Å². The molecule has 0 aliphatic carbocycles. The van der Waals surface area contributed by atoms with E-state index in [2.05, 4.69) is 4.36 Å². The molecule has 0 aliphatic heterocycles. The van der Waals surface area contributed by atoms with Crippen molar-refractivity contribution in [2.75, 3.05) is 6.26 Å². The molecule has 0 saturated heterocycles. The number of hydrogen-bond donors (Lipinski definition) is 1. The summed E-state index contributed by atoms with van der Waals surface area (Å²) in [6.07, 6.45) is 0.482. The summed E-state index contributed by atoms with van der Waals surface area (Å²) in [7, 11) is -2.82. The maximum absolute atomic E-state index is 12.4. The van der Waals surface area contributed by atoms with E-state index in [1.807, 2.05) is 18.2 Å². The Morgan fingerprint density at radius 1 is 1.04 bits per heavy atom. The van der Waals surface area contributed by atoms with Gasteiger partial charge in [-0.25, -0.2) is 13.8 Å². The van der Waals surface area contributed by atoms with Crippen molar-refractivity contribution >= 4 is 21.8 Å². The van der Waals surface area contributed by atoms with Crippen molar-refractivity contribution in [2.24, 2.45) is 4.36 Å². The van der Waals surface area contributed by atoms with Crippen LogP contribution in [0.5, 0.6) is 0 Å². The number of rotatable bonds is 5. The highest BCUT2D eigenvalue weighted by molar-refractivity contribution is 7.92. The molecule has 0 bridgehead atoms. The van der Waals surface area contributed by atoms with Crippen molar-refractivity contribution in [3.63, 3.8) is 0 Å². The van der Waals surface area contributed by atoms with E-state index in [0.717, 1.165) is 5.56 Å². The van der Waals surface area contributed by atoms with Crippen molar-refractivity contribution in [2.45, 2.75) is 12.4 Å². The van der Waals surface area contributed by atoms with Crippen LogP contribution in [0, 0.1) is 0 Å². The average Bonchev–Trinajstić information content (AvgIpc) is 2.53. The second kappa shape index (κ2) is 7.74. The van der Waals surface area contributed by atoms with Gasteiger partial charge in [0.2, 0.25) is 0 Å². The van der Waals surface area contributed by atoms with E-state index in [1.54, 1.807) is 24.3 Å². The molecule has 1 atom stereocenters. The summed E-state index contributed by atoms with van der Waals surface area (Å²) in [6.45, 7) is 0.0615. The molecule has 6 nitrogen and oxygen atoms in total. The van der Waals surface area contributed by atoms with Crippen LogP contribution in [-0.4, -0.2) is 27.6 Å². The maximum Gasteiger partial charge on any atom is 0.442 e. The molecule has 2 aromatic carbocycles. The molecule has 7 heteroatoms. The molecule has 0 heterocycles. The molecule has 0 radical (unpaired) electrons. The van der Waals surface area contributed by atoms with Gasteiger partial charge in [0.1, 0.15) is 6.61 Å². The van der Waals surface area contributed by atoms with Crippen LogP contribution in [0.15, 0.2) is 59.0 Å². The number of carboxylic acid groups (broad SMARTS) is 1. The molecular formula is C17H17NO5S. The van der Waals surface area contributed by atoms with Gasteiger partial charge in [-0.3, -0.25) is 0 Å². The summed E-state index contributed by atoms with van der Waals surface area (Å²) in [5.74, 6) is -0.999. The normalized spacial score (nSPS) is 12.9. The summed E-state index contributed by atoms with van der Waals surface area (Å²) in [4.78, 5) is 22.5. The molecule has 0 spiro atoms. The Kier molecular flexibility index (Phi) is 5.70. The van der Waals surface area contributed by atoms with E-state index < -0.39 is 21.8 Å². The van der Waals surface area contributed by atoms with Gasteiger partial charge in [0.05, 0.1) is 21.0 Å². The third-order valence-corrected chi connectivity index (χ3v) is 4.51. The summed E-state index contributed by atoms with van der Waals surface area (Å²) in [6, 6.07) is 15.1. The van der Waals surface area contributed by atoms with Crippen molar-refractivity contribution in [1.82, 2.24) is 0 Å². The summed E-state index contributed by atoms with van der Waals surface area (Å²) in [5.41, 5.74) is 1.58. The molecule has 24 heavy (non-hydrogen) atoms. The first-order valence-corrected chi connectivity index (χ1v) is 9.18. The summed E-state index contributed by atoms with van der Waals surface area (Å²) < 4.78 is 21.0. The second-order valence-corrected chi connectivity index (χ2v) is 7.63. The Balaban J connectivity index is 2.00. The van der Waals surface area contributed by atoms with Crippen LogP contribution in [0.4, 0.5) is 4.79 Å². The molecule has 2 aromatic rings. The lowest BCUT2D eigenvalue weighted by molar-refractivity contribution is 0.0697. The van der Waals surface area contributed by atoms with Gasteiger partial charge in [-0.05, 0) is 23.3 Å². The molecule has 0 saturated carbocycles. The van der Waals surface area contributed by atoms with Gasteiger partial charge in [0.25, 0.3) is 0 Å². The average molecular weight is 347 g/mol. The minimum absolute atomic E-state index is 0.0351. The predicted molar refractivity (Wildman–Crippen MR) is 90.2 cm³/mol. The fourth-order valence-corrected chi connectivity index (χ4v) is 3.23. The number of hydrogen-bond acceptors (Lipinski definition) is 4. The van der Waals surface area contributed by atoms with Gasteiger partial charge in [0.15, 0.2) is 0 Å². The third-order valence-electron chi connectivity index (χ3n) is 3.11. The van der Waals surface area contributed by atoms with E-state index in [1.165, 1.54) is 18.4 Å². The number of aromatic carboxylic acids is 1. The zero-order valence-electron chi connectivity index (χ0n) is 13.0. The molecule has 1 N–H and O–H groups in total. The number of carbonyl (C=O) groups is 2. The van der Waals surface area contributed by atoms with Gasteiger partial charge >= 0.3 is 12.1 Å². The first kappa shape index (κ1) is 17.7. The molecule has 1 unspecified atom stereocenters. The first-order chi connectivity index (χ1) is 11.4. The molecule has 2 rings (SSSR count). The molecule has 0 aromatic heterocycles. The topological polar surface area (TPSA) is 93.0 Å². The van der Waals surface area contributed by atoms with E-state index in [9.17, 15) is 13.8 Å². The summed E-state index contributed by atoms with van der Waals surface area (Å²) >= 11 is 0. The lowest BCUT2D eigenvalue weighted by Gasteiger charge is -2.06. The van der Waals surface area contributed by atoms with Crippen LogP contribution in [0.3, 0.4) is 0 Å². The van der Waals surface area contributed by atoms with Gasteiger partial charge in [-0.15, -0.1) is 4.36 Å². The Bertz CT molecular complexity index is 837. The molecule has 0 fully saturated rings. The van der Waals surface area contributed by atoms with E-state index in [-0.39, 0.29) is 17.9 Å². The highest BCUT2D eigenvalue weighted by atomic mass is 32.2. The van der Waals surface area contributed by atoms with E-state index in [0.29, 0.717) is 5.56 Å². The van der Waals surface area contributed by atoms with Gasteiger partial charge < -0.3 is 9.84 Å². The molecule has 1 amide bonds. The van der Waals surface area contributed by atoms with Crippen LogP contribution < -0.4 is 0 Å². The number of carbonyl (C=O) groups excluding carboxylic acids is 1. The molecular weight excluding hydrogens is 330 g/mol. The smallest absolute Gasteiger partial charge is 0.442 e. The van der Waals surface area contributed by atoms with Gasteiger partial charge in [-0.1, -0.05) is 42.5 Å². The summed E-state index contributed by atoms with van der Waals surface area (Å²) in [5, 5.41) is 8.84. The quantitative estimate of drug-likeness (QED) is 0.895. The van der Waals surface area contributed by atoms with Crippen LogP contribution >= 0.6 is 0 Å². The maximum atomic E-state index is 12.4. The lowest BCUT2D eigenvalue weighted by atomic mass is 10.1. The fraction of sp³-hybridized carbons (Fsp3) is 0.176. The highest BCUT2D eigenvalue weighted by Gasteiger charge is 2.10. The van der Waals surface area contributed by atoms with Gasteiger partial charge in [-0.2, -0.15) is 0 Å². The third kappa shape index (κ3) is 5.51. The highest BCUT2D eigenvalue weighted by Crippen LogP contribution is 2.10. The van der Waals surface area contributed by atoms with Crippen LogP contribution in [-0.2, 0) is 26.8 Å². The van der Waals surface area contributed by atoms with Crippen LogP contribution in [0.25, 0.3) is 0 Å². The van der Waals surface area contributed by atoms with E-state index in [4.69, 9.17) is 9.84 Å². The SMILES string of the molecule is CS(=O)(Cc1ccc(C(=O)O)cc1)=NC(=O)OCc1ccccc1. The zero-order valence-corrected chi connectivity index (χ0v) is 13.9. The van der Waals surface area contributed by atoms with Gasteiger partial charge in [0, 0.05) is 6.26 Å². The Morgan fingerprint density at radius 3 is 2.25 bits per heavy atom. The molecule has 0 aliphatic rings. The number of nitrogens with zero attached hydrogens (tertiary/aromatic N) is 1. The van der Waals surface area contributed by atoms with Crippen molar-refractivity contribution in [3.05, 3.63) is 71.3 Å². The number of ether oxygens (including phenoxy) is 1. The Labute approximate surface area is 140 Å².